The van der Waals surface area contributed by atoms with Gasteiger partial charge in [0.1, 0.15) is 4.75 Å². The van der Waals surface area contributed by atoms with Crippen molar-refractivity contribution in [1.82, 2.24) is 0 Å². The number of rotatable bonds is 2. The van der Waals surface area contributed by atoms with Crippen LogP contribution in [0.3, 0.4) is 0 Å². The summed E-state index contributed by atoms with van der Waals surface area (Å²) in [5.74, 6) is 0. The molecule has 0 spiro atoms. The molecule has 1 rings (SSSR count). The van der Waals surface area contributed by atoms with Crippen LogP contribution in [0.1, 0.15) is 6.42 Å². The van der Waals surface area contributed by atoms with Gasteiger partial charge in [-0.15, -0.1) is 6.58 Å². The minimum Gasteiger partial charge on any atom is -0.228 e. The fraction of sp³-hybridized carbons (Fsp3) is 0.250. The fourth-order valence-electron chi connectivity index (χ4n) is 1.10. The van der Waals surface area contributed by atoms with E-state index >= 15 is 0 Å². The Morgan fingerprint density at radius 1 is 1.50 bits per heavy atom. The van der Waals surface area contributed by atoms with Crippen LogP contribution in [0, 0.1) is 0 Å². The zero-order valence-corrected chi connectivity index (χ0v) is 7.42. The van der Waals surface area contributed by atoms with E-state index in [2.05, 4.69) is 6.58 Å². The Labute approximate surface area is 72.3 Å². The van der Waals surface area contributed by atoms with E-state index in [9.17, 15) is 8.42 Å². The van der Waals surface area contributed by atoms with E-state index in [1.807, 2.05) is 0 Å². The Bertz CT molecular complexity index is 340. The Balaban J connectivity index is 3.17. The predicted octanol–water partition coefficient (Wildman–Crippen LogP) is 0.716. The second-order valence-corrected chi connectivity index (χ2v) is 4.55. The van der Waals surface area contributed by atoms with E-state index in [0.717, 1.165) is 0 Å². The third-order valence-electron chi connectivity index (χ3n) is 1.94. The van der Waals surface area contributed by atoms with Crippen LogP contribution in [-0.4, -0.2) is 13.2 Å². The van der Waals surface area contributed by atoms with E-state index in [1.54, 1.807) is 24.3 Å². The lowest BCUT2D eigenvalue weighted by atomic mass is 10.0. The van der Waals surface area contributed by atoms with Crippen LogP contribution in [0.4, 0.5) is 0 Å². The van der Waals surface area contributed by atoms with Crippen LogP contribution in [0.15, 0.2) is 37.0 Å². The molecule has 1 atom stereocenters. The first-order chi connectivity index (χ1) is 5.52. The Kier molecular flexibility index (Phi) is 2.21. The number of allylic oxidation sites excluding steroid dienone is 3. The van der Waals surface area contributed by atoms with Crippen molar-refractivity contribution in [3.63, 3.8) is 0 Å². The molecule has 0 fully saturated rings. The number of primary sulfonamides is 1. The SMILES string of the molecule is C=CC1(S(N)(=O)=O)C=CC=CC1. The van der Waals surface area contributed by atoms with Gasteiger partial charge in [-0.2, -0.15) is 0 Å². The smallest absolute Gasteiger partial charge is 0.222 e. The molecule has 0 aromatic carbocycles. The Morgan fingerprint density at radius 2 is 2.17 bits per heavy atom. The molecule has 12 heavy (non-hydrogen) atoms. The molecule has 0 aromatic heterocycles. The zero-order chi connectivity index (χ0) is 9.24. The first-order valence-electron chi connectivity index (χ1n) is 3.52. The molecule has 1 unspecified atom stereocenters. The molecule has 0 aliphatic heterocycles. The van der Waals surface area contributed by atoms with Crippen molar-refractivity contribution in [3.05, 3.63) is 37.0 Å². The molecular formula is C8H11NO2S. The molecule has 0 amide bonds. The molecule has 3 nitrogen and oxygen atoms in total. The fourth-order valence-corrected chi connectivity index (χ4v) is 1.92. The summed E-state index contributed by atoms with van der Waals surface area (Å²) < 4.78 is 21.2. The monoisotopic (exact) mass is 185 g/mol. The lowest BCUT2D eigenvalue weighted by Gasteiger charge is -2.24. The first-order valence-corrected chi connectivity index (χ1v) is 5.07. The highest BCUT2D eigenvalue weighted by Gasteiger charge is 2.35. The topological polar surface area (TPSA) is 60.2 Å². The van der Waals surface area contributed by atoms with Gasteiger partial charge < -0.3 is 0 Å². The van der Waals surface area contributed by atoms with Gasteiger partial charge in [0.05, 0.1) is 0 Å². The number of nitrogens with two attached hydrogens (primary N) is 1. The van der Waals surface area contributed by atoms with Crippen LogP contribution in [-0.2, 0) is 10.0 Å². The van der Waals surface area contributed by atoms with E-state index in [4.69, 9.17) is 5.14 Å². The van der Waals surface area contributed by atoms with Gasteiger partial charge in [0.15, 0.2) is 0 Å². The minimum atomic E-state index is -3.59. The summed E-state index contributed by atoms with van der Waals surface area (Å²) in [4.78, 5) is 0. The average molecular weight is 185 g/mol. The number of hydrogen-bond donors (Lipinski definition) is 1. The molecule has 2 N–H and O–H groups in total. The van der Waals surface area contributed by atoms with Gasteiger partial charge in [0.2, 0.25) is 10.0 Å². The van der Waals surface area contributed by atoms with Crippen molar-refractivity contribution in [2.45, 2.75) is 11.2 Å². The predicted molar refractivity (Wildman–Crippen MR) is 48.9 cm³/mol. The second kappa shape index (κ2) is 2.88. The summed E-state index contributed by atoms with van der Waals surface area (Å²) >= 11 is 0. The van der Waals surface area contributed by atoms with Gasteiger partial charge in [0, 0.05) is 0 Å². The molecule has 0 aromatic rings. The molecule has 1 aliphatic rings. The maximum atomic E-state index is 11.2. The molecule has 0 saturated carbocycles. The van der Waals surface area contributed by atoms with E-state index in [-0.39, 0.29) is 0 Å². The lowest BCUT2D eigenvalue weighted by Crippen LogP contribution is -2.40. The van der Waals surface area contributed by atoms with Crippen LogP contribution < -0.4 is 5.14 Å². The third kappa shape index (κ3) is 1.35. The van der Waals surface area contributed by atoms with Gasteiger partial charge in [-0.25, -0.2) is 13.6 Å². The normalized spacial score (nSPS) is 28.8. The van der Waals surface area contributed by atoms with Gasteiger partial charge in [-0.3, -0.25) is 0 Å². The number of hydrogen-bond acceptors (Lipinski definition) is 2. The molecular weight excluding hydrogens is 174 g/mol. The van der Waals surface area contributed by atoms with Crippen molar-refractivity contribution >= 4 is 10.0 Å². The van der Waals surface area contributed by atoms with Crippen molar-refractivity contribution < 1.29 is 8.42 Å². The zero-order valence-electron chi connectivity index (χ0n) is 6.60. The maximum Gasteiger partial charge on any atom is 0.222 e. The Morgan fingerprint density at radius 3 is 2.42 bits per heavy atom. The van der Waals surface area contributed by atoms with Gasteiger partial charge in [-0.05, 0) is 6.42 Å². The molecule has 4 heteroatoms. The van der Waals surface area contributed by atoms with Crippen molar-refractivity contribution in [3.8, 4) is 0 Å². The molecule has 1 aliphatic carbocycles. The van der Waals surface area contributed by atoms with Crippen molar-refractivity contribution in [1.29, 1.82) is 0 Å². The van der Waals surface area contributed by atoms with Crippen LogP contribution in [0.25, 0.3) is 0 Å². The summed E-state index contributed by atoms with van der Waals surface area (Å²) in [7, 11) is -3.59. The van der Waals surface area contributed by atoms with Crippen LogP contribution >= 0.6 is 0 Å². The van der Waals surface area contributed by atoms with E-state index < -0.39 is 14.8 Å². The maximum absolute atomic E-state index is 11.2. The van der Waals surface area contributed by atoms with Crippen LogP contribution in [0.2, 0.25) is 0 Å². The summed E-state index contributed by atoms with van der Waals surface area (Å²) in [6, 6.07) is 0. The lowest BCUT2D eigenvalue weighted by molar-refractivity contribution is 0.575. The summed E-state index contributed by atoms with van der Waals surface area (Å²) in [6.07, 6.45) is 8.48. The van der Waals surface area contributed by atoms with Gasteiger partial charge in [-0.1, -0.05) is 30.4 Å². The number of sulfonamides is 1. The standard InChI is InChI=1S/C8H11NO2S/c1-2-8(12(9,10)11)6-4-3-5-7-8/h2-6H,1,7H2,(H2,9,10,11). The minimum absolute atomic E-state index is 0.367. The van der Waals surface area contributed by atoms with Crippen molar-refractivity contribution in [2.24, 2.45) is 5.14 Å². The van der Waals surface area contributed by atoms with Crippen molar-refractivity contribution in [2.75, 3.05) is 0 Å². The first kappa shape index (κ1) is 9.22. The molecule has 0 radical (unpaired) electrons. The van der Waals surface area contributed by atoms with Crippen LogP contribution in [0.5, 0.6) is 0 Å². The average Bonchev–Trinajstić information content (AvgIpc) is 2.04. The van der Waals surface area contributed by atoms with E-state index in [0.29, 0.717) is 6.42 Å². The van der Waals surface area contributed by atoms with Gasteiger partial charge in [0.25, 0.3) is 0 Å². The van der Waals surface area contributed by atoms with Gasteiger partial charge >= 0.3 is 0 Å². The highest BCUT2D eigenvalue weighted by Crippen LogP contribution is 2.26. The molecule has 0 bridgehead atoms. The Hall–Kier alpha value is -0.870. The molecule has 66 valence electrons. The summed E-state index contributed by atoms with van der Waals surface area (Å²) in [5, 5.41) is 5.07. The summed E-state index contributed by atoms with van der Waals surface area (Å²) in [6.45, 7) is 3.48. The largest absolute Gasteiger partial charge is 0.228 e. The molecule has 0 saturated heterocycles. The summed E-state index contributed by atoms with van der Waals surface area (Å²) in [5.41, 5.74) is 0. The quantitative estimate of drug-likeness (QED) is 0.644. The second-order valence-electron chi connectivity index (χ2n) is 2.70. The highest BCUT2D eigenvalue weighted by molar-refractivity contribution is 7.90. The third-order valence-corrected chi connectivity index (χ3v) is 3.47. The highest BCUT2D eigenvalue weighted by atomic mass is 32.2. The van der Waals surface area contributed by atoms with E-state index in [1.165, 1.54) is 6.08 Å². The molecule has 0 heterocycles.